The molecule has 1 aliphatic rings. The molecule has 0 aromatic heterocycles. The number of carbonyl (C=O) groups excluding carboxylic acids is 2. The minimum Gasteiger partial charge on any atom is -0.489 e. The minimum atomic E-state index is -0.358. The highest BCUT2D eigenvalue weighted by Crippen LogP contribution is 2.10. The summed E-state index contributed by atoms with van der Waals surface area (Å²) in [5.41, 5.74) is 0. The second kappa shape index (κ2) is 9.11. The highest BCUT2D eigenvalue weighted by atomic mass is 16.5. The highest BCUT2D eigenvalue weighted by Gasteiger charge is 2.34. The number of imide groups is 1. The lowest BCUT2D eigenvalue weighted by Crippen LogP contribution is -2.33. The lowest BCUT2D eigenvalue weighted by atomic mass is 10.5. The Morgan fingerprint density at radius 3 is 2.19 bits per heavy atom. The Morgan fingerprint density at radius 2 is 1.62 bits per heavy atom. The van der Waals surface area contributed by atoms with E-state index in [1.165, 1.54) is 17.4 Å². The Morgan fingerprint density at radius 1 is 1.05 bits per heavy atom. The first-order valence-corrected chi connectivity index (χ1v) is 6.20. The van der Waals surface area contributed by atoms with E-state index >= 15 is 0 Å². The summed E-state index contributed by atoms with van der Waals surface area (Å²) in [6, 6.07) is -0.358. The molecule has 21 heavy (non-hydrogen) atoms. The molecule has 3 amide bonds. The third kappa shape index (κ3) is 5.33. The van der Waals surface area contributed by atoms with E-state index in [2.05, 4.69) is 11.8 Å². The molecule has 1 saturated heterocycles. The Kier molecular flexibility index (Phi) is 7.02. The van der Waals surface area contributed by atoms with Crippen LogP contribution in [0.25, 0.3) is 0 Å². The van der Waals surface area contributed by atoms with Crippen molar-refractivity contribution < 1.29 is 19.1 Å². The zero-order valence-corrected chi connectivity index (χ0v) is 11.5. The molecule has 0 unspecified atom stereocenters. The second-order valence-corrected chi connectivity index (χ2v) is 3.94. The van der Waals surface area contributed by atoms with Crippen LogP contribution in [-0.2, 0) is 14.3 Å². The lowest BCUT2D eigenvalue weighted by Gasteiger charge is -2.13. The Hall–Kier alpha value is -2.86. The lowest BCUT2D eigenvalue weighted by molar-refractivity contribution is -0.124. The van der Waals surface area contributed by atoms with Crippen LogP contribution in [0.5, 0.6) is 0 Å². The first kappa shape index (κ1) is 16.2. The molecule has 110 valence electrons. The third-order valence-corrected chi connectivity index (χ3v) is 2.46. The van der Waals surface area contributed by atoms with E-state index in [1.54, 1.807) is 12.2 Å². The Labute approximate surface area is 124 Å². The van der Waals surface area contributed by atoms with Crippen molar-refractivity contribution in [2.24, 2.45) is 0 Å². The number of hydrogen-bond acceptors (Lipinski definition) is 4. The van der Waals surface area contributed by atoms with E-state index in [4.69, 9.17) is 22.3 Å². The van der Waals surface area contributed by atoms with E-state index < -0.39 is 0 Å². The SMILES string of the molecule is C#CCOC=CCN1CC(=O)N(CC=COCC#C)C1=O. The molecule has 1 aliphatic heterocycles. The van der Waals surface area contributed by atoms with E-state index in [-0.39, 0.29) is 44.8 Å². The molecule has 6 heteroatoms. The quantitative estimate of drug-likeness (QED) is 0.284. The smallest absolute Gasteiger partial charge is 0.327 e. The van der Waals surface area contributed by atoms with Crippen molar-refractivity contribution in [2.75, 3.05) is 32.8 Å². The van der Waals surface area contributed by atoms with Gasteiger partial charge in [0.2, 0.25) is 0 Å². The number of terminal acetylenes is 2. The van der Waals surface area contributed by atoms with Gasteiger partial charge in [-0.2, -0.15) is 0 Å². The van der Waals surface area contributed by atoms with Crippen molar-refractivity contribution in [3.8, 4) is 24.7 Å². The van der Waals surface area contributed by atoms with Gasteiger partial charge in [0.05, 0.1) is 19.1 Å². The van der Waals surface area contributed by atoms with Gasteiger partial charge in [-0.05, 0) is 12.2 Å². The molecular formula is C15H16N2O4. The number of rotatable bonds is 8. The van der Waals surface area contributed by atoms with Gasteiger partial charge in [-0.15, -0.1) is 12.8 Å². The summed E-state index contributed by atoms with van der Waals surface area (Å²) in [5, 5.41) is 0. The van der Waals surface area contributed by atoms with Crippen molar-refractivity contribution >= 4 is 11.9 Å². The fraction of sp³-hybridized carbons (Fsp3) is 0.333. The van der Waals surface area contributed by atoms with Crippen LogP contribution in [-0.4, -0.2) is 54.6 Å². The van der Waals surface area contributed by atoms with E-state index in [0.29, 0.717) is 0 Å². The zero-order valence-electron chi connectivity index (χ0n) is 11.5. The number of nitrogens with zero attached hydrogens (tertiary/aromatic N) is 2. The van der Waals surface area contributed by atoms with Crippen molar-refractivity contribution in [1.29, 1.82) is 0 Å². The Bertz CT molecular complexity index is 511. The van der Waals surface area contributed by atoms with Gasteiger partial charge in [-0.25, -0.2) is 4.79 Å². The zero-order chi connectivity index (χ0) is 15.5. The summed E-state index contributed by atoms with van der Waals surface area (Å²) < 4.78 is 9.86. The standard InChI is InChI=1S/C15H16N2O4/c1-3-9-20-11-5-7-16-13-14(18)17(15(16)19)8-6-12-21-10-4-2/h1-2,5-6,11-12H,7-10,13H2. The predicted molar refractivity (Wildman–Crippen MR) is 76.5 cm³/mol. The van der Waals surface area contributed by atoms with E-state index in [0.717, 1.165) is 4.90 Å². The molecule has 0 spiro atoms. The fourth-order valence-electron chi connectivity index (χ4n) is 1.56. The van der Waals surface area contributed by atoms with Gasteiger partial charge in [-0.1, -0.05) is 11.8 Å². The van der Waals surface area contributed by atoms with Crippen molar-refractivity contribution in [3.63, 3.8) is 0 Å². The number of ether oxygens (including phenoxy) is 2. The molecule has 1 fully saturated rings. The maximum atomic E-state index is 12.0. The summed E-state index contributed by atoms with van der Waals surface area (Å²) in [7, 11) is 0. The number of urea groups is 1. The summed E-state index contributed by atoms with van der Waals surface area (Å²) in [6.45, 7) is 0.779. The van der Waals surface area contributed by atoms with Crippen LogP contribution in [0.15, 0.2) is 24.7 Å². The van der Waals surface area contributed by atoms with Crippen LogP contribution >= 0.6 is 0 Å². The molecule has 0 N–H and O–H groups in total. The van der Waals surface area contributed by atoms with Crippen LogP contribution in [0.4, 0.5) is 4.79 Å². The number of carbonyl (C=O) groups is 2. The fourth-order valence-corrected chi connectivity index (χ4v) is 1.56. The van der Waals surface area contributed by atoms with E-state index in [9.17, 15) is 9.59 Å². The summed E-state index contributed by atoms with van der Waals surface area (Å²) in [6.07, 6.45) is 16.0. The molecular weight excluding hydrogens is 272 g/mol. The van der Waals surface area contributed by atoms with Gasteiger partial charge in [0.25, 0.3) is 5.91 Å². The predicted octanol–water partition coefficient (Wildman–Crippen LogP) is 0.578. The van der Waals surface area contributed by atoms with Crippen LogP contribution < -0.4 is 0 Å². The van der Waals surface area contributed by atoms with Crippen LogP contribution in [0.3, 0.4) is 0 Å². The van der Waals surface area contributed by atoms with Gasteiger partial charge in [-0.3, -0.25) is 9.69 Å². The van der Waals surface area contributed by atoms with Gasteiger partial charge < -0.3 is 14.4 Å². The molecule has 0 aromatic carbocycles. The first-order chi connectivity index (χ1) is 10.2. The van der Waals surface area contributed by atoms with Gasteiger partial charge in [0.15, 0.2) is 0 Å². The largest absolute Gasteiger partial charge is 0.489 e. The molecule has 1 heterocycles. The Balaban J connectivity index is 2.40. The molecule has 0 aromatic rings. The maximum Gasteiger partial charge on any atom is 0.327 e. The third-order valence-electron chi connectivity index (χ3n) is 2.46. The first-order valence-electron chi connectivity index (χ1n) is 6.20. The minimum absolute atomic E-state index is 0.0391. The van der Waals surface area contributed by atoms with E-state index in [1.807, 2.05) is 0 Å². The molecule has 0 bridgehead atoms. The molecule has 0 aliphatic carbocycles. The average molecular weight is 288 g/mol. The van der Waals surface area contributed by atoms with Gasteiger partial charge in [0, 0.05) is 6.54 Å². The van der Waals surface area contributed by atoms with Crippen LogP contribution in [0.1, 0.15) is 0 Å². The van der Waals surface area contributed by atoms with Gasteiger partial charge >= 0.3 is 6.03 Å². The number of hydrogen-bond donors (Lipinski definition) is 0. The molecule has 0 atom stereocenters. The molecule has 0 radical (unpaired) electrons. The van der Waals surface area contributed by atoms with Crippen molar-refractivity contribution in [3.05, 3.63) is 24.7 Å². The summed E-state index contributed by atoms with van der Waals surface area (Å²) in [5.74, 6) is 4.34. The van der Waals surface area contributed by atoms with Crippen molar-refractivity contribution in [1.82, 2.24) is 9.80 Å². The molecule has 0 saturated carbocycles. The summed E-state index contributed by atoms with van der Waals surface area (Å²) in [4.78, 5) is 26.2. The summed E-state index contributed by atoms with van der Waals surface area (Å²) >= 11 is 0. The normalized spacial score (nSPS) is 14.8. The molecule has 6 nitrogen and oxygen atoms in total. The monoisotopic (exact) mass is 288 g/mol. The highest BCUT2D eigenvalue weighted by molar-refractivity contribution is 6.02. The van der Waals surface area contributed by atoms with Crippen LogP contribution in [0, 0.1) is 24.7 Å². The topological polar surface area (TPSA) is 59.1 Å². The van der Waals surface area contributed by atoms with Crippen molar-refractivity contribution in [2.45, 2.75) is 0 Å². The van der Waals surface area contributed by atoms with Crippen LogP contribution in [0.2, 0.25) is 0 Å². The molecule has 1 rings (SSSR count). The second-order valence-electron chi connectivity index (χ2n) is 3.94. The van der Waals surface area contributed by atoms with Gasteiger partial charge in [0.1, 0.15) is 19.8 Å². The number of amides is 3. The maximum absolute atomic E-state index is 12.0. The average Bonchev–Trinajstić information content (AvgIpc) is 2.74.